The van der Waals surface area contributed by atoms with Crippen LogP contribution < -0.4 is 0 Å². The number of benzene rings is 1. The second-order valence-electron chi connectivity index (χ2n) is 3.23. The first kappa shape index (κ1) is 10.1. The van der Waals surface area contributed by atoms with Crippen LogP contribution in [-0.2, 0) is 4.79 Å². The van der Waals surface area contributed by atoms with E-state index >= 15 is 0 Å². The van der Waals surface area contributed by atoms with Gasteiger partial charge in [0.25, 0.3) is 0 Å². The van der Waals surface area contributed by atoms with Gasteiger partial charge in [-0.05, 0) is 6.92 Å². The minimum atomic E-state index is 0.148. The number of Topliss-reactive ketones (excluding diaryl/α,β-unsaturated/α-hetero) is 1. The van der Waals surface area contributed by atoms with Crippen molar-refractivity contribution in [2.24, 2.45) is 0 Å². The van der Waals surface area contributed by atoms with Crippen molar-refractivity contribution in [1.82, 2.24) is 10.2 Å². The summed E-state index contributed by atoms with van der Waals surface area (Å²) in [6.45, 7) is 1.57. The van der Waals surface area contributed by atoms with Gasteiger partial charge in [-0.2, -0.15) is 5.10 Å². The highest BCUT2D eigenvalue weighted by molar-refractivity contribution is 8.00. The highest BCUT2D eigenvalue weighted by Gasteiger charge is 2.04. The number of ketones is 1. The van der Waals surface area contributed by atoms with E-state index in [1.54, 1.807) is 13.1 Å². The Kier molecular flexibility index (Phi) is 2.97. The third-order valence-corrected chi connectivity index (χ3v) is 3.07. The molecule has 2 aromatic rings. The number of hydrogen-bond acceptors (Lipinski definition) is 4. The Morgan fingerprint density at radius 1 is 1.40 bits per heavy atom. The monoisotopic (exact) mass is 218 g/mol. The molecule has 0 saturated carbocycles. The molecule has 15 heavy (non-hydrogen) atoms. The molecule has 1 heterocycles. The minimum Gasteiger partial charge on any atom is -0.299 e. The van der Waals surface area contributed by atoms with Crippen molar-refractivity contribution in [2.75, 3.05) is 5.75 Å². The van der Waals surface area contributed by atoms with Crippen LogP contribution in [-0.4, -0.2) is 21.7 Å². The summed E-state index contributed by atoms with van der Waals surface area (Å²) in [7, 11) is 0. The van der Waals surface area contributed by atoms with Crippen molar-refractivity contribution in [3.8, 4) is 0 Å². The zero-order valence-corrected chi connectivity index (χ0v) is 9.12. The van der Waals surface area contributed by atoms with Crippen LogP contribution in [0.1, 0.15) is 6.92 Å². The number of nitrogens with zero attached hydrogens (tertiary/aromatic N) is 2. The SMILES string of the molecule is CC(=O)CSc1nncc2ccccc12. The highest BCUT2D eigenvalue weighted by atomic mass is 32.2. The number of carbonyl (C=O) groups is 1. The fourth-order valence-electron chi connectivity index (χ4n) is 1.28. The molecule has 0 N–H and O–H groups in total. The van der Waals surface area contributed by atoms with Crippen molar-refractivity contribution in [3.63, 3.8) is 0 Å². The van der Waals surface area contributed by atoms with Gasteiger partial charge in [-0.1, -0.05) is 36.0 Å². The molecule has 4 heteroatoms. The van der Waals surface area contributed by atoms with Crippen LogP contribution in [0.5, 0.6) is 0 Å². The van der Waals surface area contributed by atoms with E-state index in [1.165, 1.54) is 11.8 Å². The van der Waals surface area contributed by atoms with E-state index in [9.17, 15) is 4.79 Å². The van der Waals surface area contributed by atoms with E-state index in [4.69, 9.17) is 0 Å². The molecule has 0 aliphatic carbocycles. The molecule has 0 radical (unpaired) electrons. The number of aromatic nitrogens is 2. The van der Waals surface area contributed by atoms with E-state index in [0.29, 0.717) is 5.75 Å². The van der Waals surface area contributed by atoms with E-state index in [0.717, 1.165) is 15.8 Å². The zero-order valence-electron chi connectivity index (χ0n) is 8.30. The van der Waals surface area contributed by atoms with Crippen molar-refractivity contribution in [3.05, 3.63) is 30.5 Å². The average Bonchev–Trinajstić information content (AvgIpc) is 2.26. The van der Waals surface area contributed by atoms with Gasteiger partial charge < -0.3 is 0 Å². The molecule has 0 fully saturated rings. The van der Waals surface area contributed by atoms with Gasteiger partial charge in [0.05, 0.1) is 11.9 Å². The summed E-state index contributed by atoms with van der Waals surface area (Å²) < 4.78 is 0. The van der Waals surface area contributed by atoms with E-state index in [2.05, 4.69) is 10.2 Å². The predicted octanol–water partition coefficient (Wildman–Crippen LogP) is 2.31. The number of hydrogen-bond donors (Lipinski definition) is 0. The van der Waals surface area contributed by atoms with Gasteiger partial charge in [0, 0.05) is 10.8 Å². The third-order valence-electron chi connectivity index (χ3n) is 1.95. The molecule has 2 rings (SSSR count). The number of thioether (sulfide) groups is 1. The third kappa shape index (κ3) is 2.33. The first-order chi connectivity index (χ1) is 7.27. The summed E-state index contributed by atoms with van der Waals surface area (Å²) in [5.74, 6) is 0.595. The van der Waals surface area contributed by atoms with Gasteiger partial charge in [-0.3, -0.25) is 4.79 Å². The van der Waals surface area contributed by atoms with Gasteiger partial charge in [0.15, 0.2) is 0 Å². The molecular formula is C11H10N2OS. The van der Waals surface area contributed by atoms with Crippen molar-refractivity contribution in [1.29, 1.82) is 0 Å². The number of carbonyl (C=O) groups excluding carboxylic acids is 1. The average molecular weight is 218 g/mol. The maximum Gasteiger partial charge on any atom is 0.140 e. The Morgan fingerprint density at radius 3 is 3.00 bits per heavy atom. The van der Waals surface area contributed by atoms with Crippen LogP contribution in [0.4, 0.5) is 0 Å². The van der Waals surface area contributed by atoms with Gasteiger partial charge >= 0.3 is 0 Å². The predicted molar refractivity (Wildman–Crippen MR) is 60.9 cm³/mol. The highest BCUT2D eigenvalue weighted by Crippen LogP contribution is 2.24. The molecule has 0 aliphatic heterocycles. The molecule has 1 aromatic carbocycles. The smallest absolute Gasteiger partial charge is 0.140 e. The summed E-state index contributed by atoms with van der Waals surface area (Å²) in [4.78, 5) is 10.9. The lowest BCUT2D eigenvalue weighted by atomic mass is 10.2. The Hall–Kier alpha value is -1.42. The van der Waals surface area contributed by atoms with Crippen LogP contribution in [0.25, 0.3) is 10.8 Å². The summed E-state index contributed by atoms with van der Waals surface area (Å²) in [6.07, 6.45) is 1.73. The fraction of sp³-hybridized carbons (Fsp3) is 0.182. The van der Waals surface area contributed by atoms with Crippen LogP contribution >= 0.6 is 11.8 Å². The molecule has 0 aliphatic rings. The Morgan fingerprint density at radius 2 is 2.20 bits per heavy atom. The van der Waals surface area contributed by atoms with Gasteiger partial charge in [-0.15, -0.1) is 5.10 Å². The maximum atomic E-state index is 10.9. The molecular weight excluding hydrogens is 208 g/mol. The molecule has 0 saturated heterocycles. The van der Waals surface area contributed by atoms with E-state index < -0.39 is 0 Å². The van der Waals surface area contributed by atoms with Crippen LogP contribution in [0.3, 0.4) is 0 Å². The lowest BCUT2D eigenvalue weighted by molar-refractivity contribution is -0.114. The molecule has 0 spiro atoms. The largest absolute Gasteiger partial charge is 0.299 e. The standard InChI is InChI=1S/C11H10N2OS/c1-8(14)7-15-11-10-5-3-2-4-9(10)6-12-13-11/h2-6H,7H2,1H3. The topological polar surface area (TPSA) is 42.9 Å². The molecule has 0 bridgehead atoms. The molecule has 3 nitrogen and oxygen atoms in total. The first-order valence-corrected chi connectivity index (χ1v) is 5.58. The summed E-state index contributed by atoms with van der Waals surface area (Å²) in [6, 6.07) is 7.90. The maximum absolute atomic E-state index is 10.9. The molecule has 76 valence electrons. The number of rotatable bonds is 3. The minimum absolute atomic E-state index is 0.148. The Labute approximate surface area is 91.9 Å². The molecule has 0 unspecified atom stereocenters. The van der Waals surface area contributed by atoms with Gasteiger partial charge in [-0.25, -0.2) is 0 Å². The Bertz CT molecular complexity index is 493. The second-order valence-corrected chi connectivity index (χ2v) is 4.19. The number of fused-ring (bicyclic) bond motifs is 1. The van der Waals surface area contributed by atoms with Crippen molar-refractivity contribution in [2.45, 2.75) is 11.9 Å². The van der Waals surface area contributed by atoms with Gasteiger partial charge in [0.1, 0.15) is 10.8 Å². The van der Waals surface area contributed by atoms with Crippen LogP contribution in [0.15, 0.2) is 35.5 Å². The van der Waals surface area contributed by atoms with Crippen LogP contribution in [0.2, 0.25) is 0 Å². The fourth-order valence-corrected chi connectivity index (χ4v) is 2.06. The van der Waals surface area contributed by atoms with Gasteiger partial charge in [0.2, 0.25) is 0 Å². The van der Waals surface area contributed by atoms with E-state index in [1.807, 2.05) is 24.3 Å². The zero-order chi connectivity index (χ0) is 10.7. The summed E-state index contributed by atoms with van der Waals surface area (Å²) in [5, 5.41) is 10.9. The molecule has 0 atom stereocenters. The molecule has 0 amide bonds. The van der Waals surface area contributed by atoms with Crippen molar-refractivity contribution < 1.29 is 4.79 Å². The summed E-state index contributed by atoms with van der Waals surface area (Å²) in [5.41, 5.74) is 0. The normalized spacial score (nSPS) is 10.5. The molecule has 1 aromatic heterocycles. The Balaban J connectivity index is 2.38. The van der Waals surface area contributed by atoms with E-state index in [-0.39, 0.29) is 5.78 Å². The lowest BCUT2D eigenvalue weighted by Crippen LogP contribution is -1.95. The van der Waals surface area contributed by atoms with Crippen LogP contribution in [0, 0.1) is 0 Å². The summed E-state index contributed by atoms with van der Waals surface area (Å²) >= 11 is 1.43. The van der Waals surface area contributed by atoms with Crippen molar-refractivity contribution >= 4 is 28.3 Å². The quantitative estimate of drug-likeness (QED) is 0.741. The second kappa shape index (κ2) is 4.40. The lowest BCUT2D eigenvalue weighted by Gasteiger charge is -2.01. The first-order valence-electron chi connectivity index (χ1n) is 4.60.